The highest BCUT2D eigenvalue weighted by Gasteiger charge is 2.23. The van der Waals surface area contributed by atoms with E-state index in [0.717, 1.165) is 11.1 Å². The molecule has 0 amide bonds. The summed E-state index contributed by atoms with van der Waals surface area (Å²) in [6.45, 7) is 3.29. The van der Waals surface area contributed by atoms with E-state index in [1.54, 1.807) is 50.2 Å². The van der Waals surface area contributed by atoms with E-state index in [-0.39, 0.29) is 9.79 Å². The van der Waals surface area contributed by atoms with Crippen molar-refractivity contribution >= 4 is 42.4 Å². The fourth-order valence-electron chi connectivity index (χ4n) is 3.59. The number of hydrogen-bond acceptors (Lipinski definition) is 7. The molecule has 178 valence electrons. The van der Waals surface area contributed by atoms with Gasteiger partial charge in [-0.1, -0.05) is 24.3 Å². The quantitative estimate of drug-likeness (QED) is 0.398. The van der Waals surface area contributed by atoms with E-state index in [1.165, 1.54) is 12.1 Å². The molecule has 4 aromatic rings. The summed E-state index contributed by atoms with van der Waals surface area (Å²) in [6.07, 6.45) is 2.20. The van der Waals surface area contributed by atoms with Crippen LogP contribution in [0.5, 0.6) is 0 Å². The van der Waals surface area contributed by atoms with Crippen LogP contribution < -0.4 is 10.5 Å². The number of rotatable bonds is 7. The predicted octanol–water partition coefficient (Wildman–Crippen LogP) is 3.13. The number of nitrogens with one attached hydrogen (secondary N) is 1. The average molecular weight is 500 g/mol. The van der Waals surface area contributed by atoms with Gasteiger partial charge in [-0.2, -0.15) is 0 Å². The van der Waals surface area contributed by atoms with Crippen molar-refractivity contribution < 1.29 is 16.8 Å². The summed E-state index contributed by atoms with van der Waals surface area (Å²) < 4.78 is 50.7. The first-order chi connectivity index (χ1) is 16.0. The molecule has 0 radical (unpaired) electrons. The zero-order valence-corrected chi connectivity index (χ0v) is 20.6. The summed E-state index contributed by atoms with van der Waals surface area (Å²) in [5, 5.41) is 7.81. The third-order valence-electron chi connectivity index (χ3n) is 5.45. The topological polar surface area (TPSA) is 137 Å². The molecule has 2 heterocycles. The van der Waals surface area contributed by atoms with E-state index >= 15 is 0 Å². The third-order valence-corrected chi connectivity index (χ3v) is 8.59. The van der Waals surface area contributed by atoms with Gasteiger partial charge in [0.05, 0.1) is 26.2 Å². The van der Waals surface area contributed by atoms with Crippen LogP contribution in [-0.2, 0) is 33.3 Å². The highest BCUT2D eigenvalue weighted by atomic mass is 32.2. The Morgan fingerprint density at radius 2 is 1.65 bits per heavy atom. The lowest BCUT2D eigenvalue weighted by Crippen LogP contribution is -2.16. The van der Waals surface area contributed by atoms with E-state index in [4.69, 9.17) is 5.14 Å². The number of para-hydroxylation sites is 1. The van der Waals surface area contributed by atoms with Gasteiger partial charge >= 0.3 is 0 Å². The number of sulfonamides is 1. The second-order valence-corrected chi connectivity index (χ2v) is 12.3. The molecule has 0 saturated heterocycles. The summed E-state index contributed by atoms with van der Waals surface area (Å²) in [5.41, 5.74) is 2.66. The maximum absolute atomic E-state index is 12.9. The number of sulfone groups is 1. The molecule has 2 aromatic heterocycles. The van der Waals surface area contributed by atoms with Crippen molar-refractivity contribution in [3.05, 3.63) is 72.2 Å². The van der Waals surface area contributed by atoms with Crippen molar-refractivity contribution in [2.45, 2.75) is 35.3 Å². The van der Waals surface area contributed by atoms with Gasteiger partial charge in [0.1, 0.15) is 11.3 Å². The average Bonchev–Trinajstić information content (AvgIpc) is 3.14. The zero-order valence-electron chi connectivity index (χ0n) is 18.9. The van der Waals surface area contributed by atoms with E-state index in [0.29, 0.717) is 29.3 Å². The second-order valence-electron chi connectivity index (χ2n) is 8.23. The molecular formula is C23H25N5O4S2. The molecule has 0 saturated carbocycles. The zero-order chi connectivity index (χ0) is 24.7. The van der Waals surface area contributed by atoms with Gasteiger partial charge in [-0.3, -0.25) is 0 Å². The SMILES string of the molecule is CC(C)S(=O)(=O)c1ccccc1Nc1nc(Cc2ccc(S(N)(=O)=O)cc2)nc2ccn(C)c12. The van der Waals surface area contributed by atoms with Gasteiger partial charge in [0.15, 0.2) is 15.7 Å². The largest absolute Gasteiger partial charge is 0.346 e. The summed E-state index contributed by atoms with van der Waals surface area (Å²) in [4.78, 5) is 9.54. The number of aryl methyl sites for hydroxylation is 1. The molecular weight excluding hydrogens is 474 g/mol. The molecule has 2 aromatic carbocycles. The Labute approximate surface area is 198 Å². The minimum Gasteiger partial charge on any atom is -0.346 e. The van der Waals surface area contributed by atoms with Crippen LogP contribution >= 0.6 is 0 Å². The van der Waals surface area contributed by atoms with Crippen LogP contribution in [0.3, 0.4) is 0 Å². The van der Waals surface area contributed by atoms with Crippen LogP contribution in [-0.4, -0.2) is 36.6 Å². The molecule has 0 atom stereocenters. The molecule has 0 aliphatic heterocycles. The van der Waals surface area contributed by atoms with Crippen molar-refractivity contribution in [3.8, 4) is 0 Å². The Hall–Kier alpha value is -3.28. The lowest BCUT2D eigenvalue weighted by molar-refractivity contribution is 0.587. The van der Waals surface area contributed by atoms with Gasteiger partial charge in [0.25, 0.3) is 0 Å². The maximum atomic E-state index is 12.9. The van der Waals surface area contributed by atoms with E-state index < -0.39 is 25.1 Å². The van der Waals surface area contributed by atoms with E-state index in [1.807, 2.05) is 23.9 Å². The molecule has 0 fully saturated rings. The lowest BCUT2D eigenvalue weighted by atomic mass is 10.1. The Kier molecular flexibility index (Phi) is 6.19. The first-order valence-corrected chi connectivity index (χ1v) is 13.6. The van der Waals surface area contributed by atoms with Crippen LogP contribution in [0.4, 0.5) is 11.5 Å². The van der Waals surface area contributed by atoms with Crippen molar-refractivity contribution in [3.63, 3.8) is 0 Å². The molecule has 3 N–H and O–H groups in total. The molecule has 0 aliphatic carbocycles. The molecule has 34 heavy (non-hydrogen) atoms. The first-order valence-electron chi connectivity index (χ1n) is 10.5. The smallest absolute Gasteiger partial charge is 0.238 e. The number of aromatic nitrogens is 3. The number of fused-ring (bicyclic) bond motifs is 1. The monoisotopic (exact) mass is 499 g/mol. The number of primary sulfonamides is 1. The Balaban J connectivity index is 1.76. The standard InChI is InChI=1S/C23H25N5O4S2/c1-15(2)33(29,30)20-7-5-4-6-18(20)26-23-22-19(12-13-28(22)3)25-21(27-23)14-16-8-10-17(11-9-16)34(24,31)32/h4-13,15H,14H2,1-3H3,(H2,24,31,32)(H,25,26,27). The molecule has 0 unspecified atom stereocenters. The highest BCUT2D eigenvalue weighted by molar-refractivity contribution is 7.92. The summed E-state index contributed by atoms with van der Waals surface area (Å²) in [7, 11) is -5.44. The second kappa shape index (κ2) is 8.82. The van der Waals surface area contributed by atoms with Crippen LogP contribution in [0.15, 0.2) is 70.6 Å². The van der Waals surface area contributed by atoms with Gasteiger partial charge in [-0.05, 0) is 49.7 Å². The molecule has 4 rings (SSSR count). The summed E-state index contributed by atoms with van der Waals surface area (Å²) in [6, 6.07) is 14.8. The third kappa shape index (κ3) is 4.67. The minimum absolute atomic E-state index is 0.0287. The number of benzene rings is 2. The van der Waals surface area contributed by atoms with Gasteiger partial charge < -0.3 is 9.88 Å². The molecule has 0 spiro atoms. The number of nitrogens with two attached hydrogens (primary N) is 1. The number of nitrogens with zero attached hydrogens (tertiary/aromatic N) is 3. The summed E-state index contributed by atoms with van der Waals surface area (Å²) >= 11 is 0. The van der Waals surface area contributed by atoms with E-state index in [2.05, 4.69) is 15.3 Å². The van der Waals surface area contributed by atoms with Crippen LogP contribution in [0.25, 0.3) is 11.0 Å². The fraction of sp³-hybridized carbons (Fsp3) is 0.217. The minimum atomic E-state index is -3.78. The van der Waals surface area contributed by atoms with Gasteiger partial charge in [-0.25, -0.2) is 31.9 Å². The highest BCUT2D eigenvalue weighted by Crippen LogP contribution is 2.30. The van der Waals surface area contributed by atoms with Gasteiger partial charge in [0.2, 0.25) is 10.0 Å². The van der Waals surface area contributed by atoms with Gasteiger partial charge in [0, 0.05) is 19.7 Å². The fourth-order valence-corrected chi connectivity index (χ4v) is 5.30. The molecule has 11 heteroatoms. The van der Waals surface area contributed by atoms with Gasteiger partial charge in [-0.15, -0.1) is 0 Å². The Morgan fingerprint density at radius 3 is 2.29 bits per heavy atom. The predicted molar refractivity (Wildman–Crippen MR) is 131 cm³/mol. The molecule has 9 nitrogen and oxygen atoms in total. The normalized spacial score (nSPS) is 12.4. The molecule has 0 bridgehead atoms. The molecule has 0 aliphatic rings. The summed E-state index contributed by atoms with van der Waals surface area (Å²) in [5.74, 6) is 0.966. The van der Waals surface area contributed by atoms with Crippen molar-refractivity contribution in [2.75, 3.05) is 5.32 Å². The maximum Gasteiger partial charge on any atom is 0.238 e. The van der Waals surface area contributed by atoms with Crippen LogP contribution in [0.1, 0.15) is 25.2 Å². The van der Waals surface area contributed by atoms with Crippen LogP contribution in [0, 0.1) is 0 Å². The number of hydrogen-bond donors (Lipinski definition) is 2. The van der Waals surface area contributed by atoms with Crippen molar-refractivity contribution in [2.24, 2.45) is 12.2 Å². The number of anilines is 2. The van der Waals surface area contributed by atoms with Crippen molar-refractivity contribution in [1.82, 2.24) is 14.5 Å². The van der Waals surface area contributed by atoms with E-state index in [9.17, 15) is 16.8 Å². The Bertz CT molecular complexity index is 1580. The van der Waals surface area contributed by atoms with Crippen LogP contribution in [0.2, 0.25) is 0 Å². The first kappa shape index (κ1) is 23.9. The van der Waals surface area contributed by atoms with Crippen molar-refractivity contribution in [1.29, 1.82) is 0 Å². The lowest BCUT2D eigenvalue weighted by Gasteiger charge is -2.15. The Morgan fingerprint density at radius 1 is 0.971 bits per heavy atom.